The molecule has 0 amide bonds. The van der Waals surface area contributed by atoms with Gasteiger partial charge in [-0.2, -0.15) is 5.10 Å². The molecule has 1 aliphatic heterocycles. The Morgan fingerprint density at radius 3 is 2.13 bits per heavy atom. The molecule has 4 rings (SSSR count). The first kappa shape index (κ1) is 14.7. The maximum Gasteiger partial charge on any atom is 0.176 e. The van der Waals surface area contributed by atoms with Crippen molar-refractivity contribution in [2.24, 2.45) is 5.41 Å². The predicted molar refractivity (Wildman–Crippen MR) is 91.0 cm³/mol. The molecule has 0 unspecified atom stereocenters. The zero-order valence-corrected chi connectivity index (χ0v) is 14.1. The smallest absolute Gasteiger partial charge is 0.176 e. The third-order valence-corrected chi connectivity index (χ3v) is 5.68. The van der Waals surface area contributed by atoms with Gasteiger partial charge in [-0.25, -0.2) is 4.68 Å². The predicted octanol–water partition coefficient (Wildman–Crippen LogP) is 3.44. The number of hydrogen-bond donors (Lipinski definition) is 0. The van der Waals surface area contributed by atoms with Gasteiger partial charge in [-0.15, -0.1) is 10.2 Å². The summed E-state index contributed by atoms with van der Waals surface area (Å²) in [5.74, 6) is 1.80. The average molecular weight is 311 g/mol. The topological polar surface area (TPSA) is 46.8 Å². The van der Waals surface area contributed by atoms with Crippen molar-refractivity contribution in [2.45, 2.75) is 52.4 Å². The summed E-state index contributed by atoms with van der Waals surface area (Å²) < 4.78 is 1.86. The van der Waals surface area contributed by atoms with Gasteiger partial charge >= 0.3 is 0 Å². The molecule has 1 aliphatic carbocycles. The largest absolute Gasteiger partial charge is 0.355 e. The van der Waals surface area contributed by atoms with Crippen LogP contribution in [0.1, 0.15) is 49.9 Å². The minimum absolute atomic E-state index is 0.646. The summed E-state index contributed by atoms with van der Waals surface area (Å²) in [6.45, 7) is 6.28. The van der Waals surface area contributed by atoms with Gasteiger partial charge < -0.3 is 4.90 Å². The maximum atomic E-state index is 4.47. The monoisotopic (exact) mass is 311 g/mol. The van der Waals surface area contributed by atoms with Crippen LogP contribution >= 0.6 is 0 Å². The van der Waals surface area contributed by atoms with E-state index in [9.17, 15) is 0 Å². The van der Waals surface area contributed by atoms with Crippen LogP contribution in [0.4, 0.5) is 5.82 Å². The fraction of sp³-hybridized carbons (Fsp3) is 0.611. The molecule has 1 saturated heterocycles. The molecule has 2 aromatic heterocycles. The van der Waals surface area contributed by atoms with Crippen LogP contribution in [-0.2, 0) is 0 Å². The average Bonchev–Trinajstić information content (AvgIpc) is 3.15. The number of nitrogens with zero attached hydrogens (tertiary/aromatic N) is 5. The van der Waals surface area contributed by atoms with Gasteiger partial charge in [-0.05, 0) is 63.1 Å². The molecule has 1 saturated carbocycles. The second-order valence-corrected chi connectivity index (χ2v) is 7.28. The van der Waals surface area contributed by atoms with E-state index in [1.54, 1.807) is 0 Å². The molecule has 5 heteroatoms. The summed E-state index contributed by atoms with van der Waals surface area (Å²) in [7, 11) is 0. The molecular formula is C18H25N5. The fourth-order valence-electron chi connectivity index (χ4n) is 4.30. The van der Waals surface area contributed by atoms with Crippen molar-refractivity contribution in [3.8, 4) is 5.82 Å². The van der Waals surface area contributed by atoms with E-state index in [0.717, 1.165) is 36.1 Å². The first-order valence-electron chi connectivity index (χ1n) is 8.78. The van der Waals surface area contributed by atoms with Crippen LogP contribution in [0.5, 0.6) is 0 Å². The van der Waals surface area contributed by atoms with Crippen LogP contribution in [0.2, 0.25) is 0 Å². The number of aryl methyl sites for hydroxylation is 2. The number of piperidine rings is 1. The second kappa shape index (κ2) is 5.62. The molecule has 23 heavy (non-hydrogen) atoms. The highest BCUT2D eigenvalue weighted by atomic mass is 15.4. The standard InChI is InChI=1S/C18H25N5/c1-14-13-15(2)23(21-14)17-6-5-16(19-20-17)22-11-9-18(10-12-22)7-3-4-8-18/h5-6,13H,3-4,7-12H2,1-2H3. The fourth-order valence-corrected chi connectivity index (χ4v) is 4.30. The normalized spacial score (nSPS) is 20.3. The number of hydrogen-bond acceptors (Lipinski definition) is 4. The Kier molecular flexibility index (Phi) is 3.58. The van der Waals surface area contributed by atoms with Crippen LogP contribution in [0.15, 0.2) is 18.2 Å². The van der Waals surface area contributed by atoms with Gasteiger partial charge in [0, 0.05) is 18.8 Å². The molecule has 0 N–H and O–H groups in total. The lowest BCUT2D eigenvalue weighted by atomic mass is 9.77. The lowest BCUT2D eigenvalue weighted by molar-refractivity contribution is 0.226. The molecule has 1 spiro atoms. The van der Waals surface area contributed by atoms with Crippen molar-refractivity contribution in [1.82, 2.24) is 20.0 Å². The van der Waals surface area contributed by atoms with Gasteiger partial charge in [0.05, 0.1) is 5.69 Å². The summed E-state index contributed by atoms with van der Waals surface area (Å²) in [5, 5.41) is 13.3. The van der Waals surface area contributed by atoms with E-state index in [0.29, 0.717) is 5.41 Å². The van der Waals surface area contributed by atoms with E-state index in [1.165, 1.54) is 38.5 Å². The first-order chi connectivity index (χ1) is 11.2. The van der Waals surface area contributed by atoms with E-state index in [4.69, 9.17) is 0 Å². The molecule has 2 aliphatic rings. The van der Waals surface area contributed by atoms with Crippen LogP contribution in [0, 0.1) is 19.3 Å². The lowest BCUT2D eigenvalue weighted by Gasteiger charge is -2.39. The number of rotatable bonds is 2. The Morgan fingerprint density at radius 2 is 1.57 bits per heavy atom. The van der Waals surface area contributed by atoms with Crippen molar-refractivity contribution in [2.75, 3.05) is 18.0 Å². The first-order valence-corrected chi connectivity index (χ1v) is 8.78. The van der Waals surface area contributed by atoms with E-state index in [2.05, 4.69) is 32.3 Å². The highest BCUT2D eigenvalue weighted by Gasteiger charge is 2.37. The Balaban J connectivity index is 1.47. The van der Waals surface area contributed by atoms with Crippen LogP contribution in [0.25, 0.3) is 5.82 Å². The highest BCUT2D eigenvalue weighted by molar-refractivity contribution is 5.40. The molecule has 0 radical (unpaired) electrons. The van der Waals surface area contributed by atoms with E-state index in [-0.39, 0.29) is 0 Å². The second-order valence-electron chi connectivity index (χ2n) is 7.28. The summed E-state index contributed by atoms with van der Waals surface area (Å²) in [6.07, 6.45) is 8.35. The molecule has 0 bridgehead atoms. The van der Waals surface area contributed by atoms with Crippen molar-refractivity contribution < 1.29 is 0 Å². The van der Waals surface area contributed by atoms with Gasteiger partial charge in [-0.3, -0.25) is 0 Å². The van der Waals surface area contributed by atoms with Gasteiger partial charge in [0.15, 0.2) is 11.6 Å². The third-order valence-electron chi connectivity index (χ3n) is 5.68. The zero-order valence-electron chi connectivity index (χ0n) is 14.1. The van der Waals surface area contributed by atoms with Gasteiger partial charge in [0.2, 0.25) is 0 Å². The Morgan fingerprint density at radius 1 is 0.913 bits per heavy atom. The van der Waals surface area contributed by atoms with Crippen LogP contribution in [-0.4, -0.2) is 33.1 Å². The van der Waals surface area contributed by atoms with Gasteiger partial charge in [0.1, 0.15) is 0 Å². The van der Waals surface area contributed by atoms with Gasteiger partial charge in [-0.1, -0.05) is 12.8 Å². The third kappa shape index (κ3) is 2.73. The highest BCUT2D eigenvalue weighted by Crippen LogP contribution is 2.46. The van der Waals surface area contributed by atoms with Crippen LogP contribution < -0.4 is 4.90 Å². The summed E-state index contributed by atoms with van der Waals surface area (Å²) >= 11 is 0. The van der Waals surface area contributed by atoms with Crippen molar-refractivity contribution in [3.63, 3.8) is 0 Å². The molecule has 122 valence electrons. The molecule has 0 atom stereocenters. The van der Waals surface area contributed by atoms with Gasteiger partial charge in [0.25, 0.3) is 0 Å². The number of aromatic nitrogens is 4. The van der Waals surface area contributed by atoms with E-state index < -0.39 is 0 Å². The van der Waals surface area contributed by atoms with Crippen molar-refractivity contribution in [1.29, 1.82) is 0 Å². The summed E-state index contributed by atoms with van der Waals surface area (Å²) in [6, 6.07) is 6.18. The van der Waals surface area contributed by atoms with Crippen molar-refractivity contribution >= 4 is 5.82 Å². The molecule has 3 heterocycles. The summed E-state index contributed by atoms with van der Waals surface area (Å²) in [5.41, 5.74) is 2.74. The SMILES string of the molecule is Cc1cc(C)n(-c2ccc(N3CCC4(CCCC4)CC3)nn2)n1. The lowest BCUT2D eigenvalue weighted by Crippen LogP contribution is -2.39. The molecule has 2 fully saturated rings. The van der Waals surface area contributed by atoms with Crippen molar-refractivity contribution in [3.05, 3.63) is 29.6 Å². The quantitative estimate of drug-likeness (QED) is 0.852. The molecule has 2 aromatic rings. The van der Waals surface area contributed by atoms with Crippen LogP contribution in [0.3, 0.4) is 0 Å². The molecular weight excluding hydrogens is 286 g/mol. The minimum Gasteiger partial charge on any atom is -0.355 e. The van der Waals surface area contributed by atoms with E-state index in [1.807, 2.05) is 24.6 Å². The molecule has 0 aromatic carbocycles. The molecule has 5 nitrogen and oxygen atoms in total. The zero-order chi connectivity index (χ0) is 15.9. The summed E-state index contributed by atoms with van der Waals surface area (Å²) in [4.78, 5) is 2.39. The Labute approximate surface area is 137 Å². The maximum absolute atomic E-state index is 4.47. The Hall–Kier alpha value is -1.91. The minimum atomic E-state index is 0.646. The number of anilines is 1. The van der Waals surface area contributed by atoms with E-state index >= 15 is 0 Å². The Bertz CT molecular complexity index is 672.